The third-order valence-electron chi connectivity index (χ3n) is 2.78. The van der Waals surface area contributed by atoms with Gasteiger partial charge in [-0.1, -0.05) is 19.6 Å². The van der Waals surface area contributed by atoms with Crippen molar-refractivity contribution in [2.24, 2.45) is 0 Å². The standard InChI is InChI=1S/C9H19NO2Si/c1-13(2,3)9(10-8-11)6-4-5-7-12-9/h8H,4-7H2,1-3H3,(H,10,11). The van der Waals surface area contributed by atoms with E-state index in [9.17, 15) is 4.79 Å². The van der Waals surface area contributed by atoms with E-state index in [1.807, 2.05) is 0 Å². The Hall–Kier alpha value is -0.353. The summed E-state index contributed by atoms with van der Waals surface area (Å²) in [5, 5.41) is 2.58. The first-order chi connectivity index (χ1) is 6.02. The molecule has 0 bridgehead atoms. The van der Waals surface area contributed by atoms with Crippen LogP contribution in [0.1, 0.15) is 19.3 Å². The zero-order valence-electron chi connectivity index (χ0n) is 8.72. The van der Waals surface area contributed by atoms with Gasteiger partial charge in [0.2, 0.25) is 6.41 Å². The van der Waals surface area contributed by atoms with Crippen LogP contribution in [0.25, 0.3) is 0 Å². The highest BCUT2D eigenvalue weighted by Crippen LogP contribution is 2.31. The molecule has 4 heteroatoms. The van der Waals surface area contributed by atoms with Gasteiger partial charge in [0, 0.05) is 6.61 Å². The molecule has 1 saturated heterocycles. The van der Waals surface area contributed by atoms with Crippen molar-refractivity contribution in [3.05, 3.63) is 0 Å². The van der Waals surface area contributed by atoms with E-state index in [1.165, 1.54) is 0 Å². The smallest absolute Gasteiger partial charge is 0.209 e. The number of amides is 1. The lowest BCUT2D eigenvalue weighted by Gasteiger charge is -2.45. The van der Waals surface area contributed by atoms with Crippen LogP contribution in [0.3, 0.4) is 0 Å². The van der Waals surface area contributed by atoms with E-state index in [2.05, 4.69) is 25.0 Å². The predicted octanol–water partition coefficient (Wildman–Crippen LogP) is 1.51. The molecule has 13 heavy (non-hydrogen) atoms. The van der Waals surface area contributed by atoms with Crippen molar-refractivity contribution in [3.8, 4) is 0 Å². The number of rotatable bonds is 3. The molecule has 1 fully saturated rings. The molecule has 0 aromatic carbocycles. The van der Waals surface area contributed by atoms with Crippen LogP contribution in [-0.2, 0) is 9.53 Å². The molecule has 0 aliphatic carbocycles. The SMILES string of the molecule is C[Si](C)(C)C1(NC=O)CCCCO1. The minimum Gasteiger partial charge on any atom is -0.359 e. The van der Waals surface area contributed by atoms with Gasteiger partial charge in [0.1, 0.15) is 13.4 Å². The predicted molar refractivity (Wildman–Crippen MR) is 55.1 cm³/mol. The highest BCUT2D eigenvalue weighted by atomic mass is 28.3. The molecule has 0 radical (unpaired) electrons. The van der Waals surface area contributed by atoms with Crippen molar-refractivity contribution >= 4 is 14.5 Å². The third-order valence-corrected chi connectivity index (χ3v) is 5.74. The lowest BCUT2D eigenvalue weighted by atomic mass is 10.2. The van der Waals surface area contributed by atoms with E-state index in [4.69, 9.17) is 4.74 Å². The fraction of sp³-hybridized carbons (Fsp3) is 0.889. The molecular weight excluding hydrogens is 182 g/mol. The molecule has 1 atom stereocenters. The van der Waals surface area contributed by atoms with E-state index in [0.29, 0.717) is 0 Å². The summed E-state index contributed by atoms with van der Waals surface area (Å²) in [6, 6.07) is 0. The van der Waals surface area contributed by atoms with Gasteiger partial charge < -0.3 is 10.1 Å². The second-order valence-corrected chi connectivity index (χ2v) is 9.95. The van der Waals surface area contributed by atoms with Crippen molar-refractivity contribution in [2.45, 2.75) is 44.3 Å². The van der Waals surface area contributed by atoms with E-state index in [-0.39, 0.29) is 5.35 Å². The second kappa shape index (κ2) is 3.80. The normalized spacial score (nSPS) is 29.8. The van der Waals surface area contributed by atoms with Crippen LogP contribution in [0, 0.1) is 0 Å². The Bertz CT molecular complexity index is 183. The maximum Gasteiger partial charge on any atom is 0.209 e. The first kappa shape index (κ1) is 10.7. The minimum absolute atomic E-state index is 0.312. The highest BCUT2D eigenvalue weighted by Gasteiger charge is 2.45. The molecule has 1 unspecified atom stereocenters. The van der Waals surface area contributed by atoms with Crippen molar-refractivity contribution in [1.82, 2.24) is 5.32 Å². The molecule has 0 aromatic rings. The summed E-state index contributed by atoms with van der Waals surface area (Å²) in [6.07, 6.45) is 4.03. The average molecular weight is 201 g/mol. The first-order valence-corrected chi connectivity index (χ1v) is 8.37. The molecule has 1 aliphatic rings. The molecule has 1 heterocycles. The monoisotopic (exact) mass is 201 g/mol. The Morgan fingerprint density at radius 1 is 1.38 bits per heavy atom. The summed E-state index contributed by atoms with van der Waals surface area (Å²) in [5.41, 5.74) is 0. The fourth-order valence-corrected chi connectivity index (χ4v) is 3.77. The Morgan fingerprint density at radius 3 is 2.46 bits per heavy atom. The maximum atomic E-state index is 10.6. The zero-order valence-corrected chi connectivity index (χ0v) is 9.72. The molecule has 3 nitrogen and oxygen atoms in total. The van der Waals surface area contributed by atoms with Gasteiger partial charge in [0.25, 0.3) is 0 Å². The molecule has 1 rings (SSSR count). The van der Waals surface area contributed by atoms with Gasteiger partial charge >= 0.3 is 0 Å². The number of hydrogen-bond acceptors (Lipinski definition) is 2. The van der Waals surface area contributed by atoms with Gasteiger partial charge in [0.15, 0.2) is 0 Å². The Labute approximate surface area is 80.9 Å². The zero-order chi connectivity index (χ0) is 9.95. The van der Waals surface area contributed by atoms with Gasteiger partial charge in [-0.15, -0.1) is 0 Å². The lowest BCUT2D eigenvalue weighted by Crippen LogP contribution is -2.64. The molecule has 0 saturated carbocycles. The number of carbonyl (C=O) groups excluding carboxylic acids is 1. The van der Waals surface area contributed by atoms with Gasteiger partial charge in [-0.25, -0.2) is 0 Å². The molecular formula is C9H19NO2Si. The van der Waals surface area contributed by atoms with Crippen LogP contribution in [0.2, 0.25) is 19.6 Å². The van der Waals surface area contributed by atoms with Crippen molar-refractivity contribution in [1.29, 1.82) is 0 Å². The summed E-state index contributed by atoms with van der Waals surface area (Å²) in [4.78, 5) is 10.6. The quantitative estimate of drug-likeness (QED) is 0.555. The van der Waals surface area contributed by atoms with Crippen LogP contribution >= 0.6 is 0 Å². The van der Waals surface area contributed by atoms with Crippen LogP contribution in [-0.4, -0.2) is 26.4 Å². The highest BCUT2D eigenvalue weighted by molar-refractivity contribution is 6.79. The maximum absolute atomic E-state index is 10.6. The number of nitrogens with one attached hydrogen (secondary N) is 1. The number of ether oxygens (including phenoxy) is 1. The largest absolute Gasteiger partial charge is 0.359 e. The molecule has 0 spiro atoms. The molecule has 1 N–H and O–H groups in total. The average Bonchev–Trinajstić information content (AvgIpc) is 2.04. The van der Waals surface area contributed by atoms with E-state index in [1.54, 1.807) is 0 Å². The van der Waals surface area contributed by atoms with E-state index < -0.39 is 8.07 Å². The van der Waals surface area contributed by atoms with Gasteiger partial charge in [-0.2, -0.15) is 0 Å². The summed E-state index contributed by atoms with van der Waals surface area (Å²) in [5.74, 6) is 0. The van der Waals surface area contributed by atoms with Crippen LogP contribution in [0.5, 0.6) is 0 Å². The summed E-state index contributed by atoms with van der Waals surface area (Å²) >= 11 is 0. The summed E-state index contributed by atoms with van der Waals surface area (Å²) in [6.45, 7) is 7.48. The number of hydrogen-bond donors (Lipinski definition) is 1. The van der Waals surface area contributed by atoms with Crippen molar-refractivity contribution in [2.75, 3.05) is 6.61 Å². The van der Waals surface area contributed by atoms with Gasteiger partial charge in [0.05, 0.1) is 0 Å². The molecule has 1 aliphatic heterocycles. The molecule has 1 amide bonds. The van der Waals surface area contributed by atoms with Gasteiger partial charge in [-0.3, -0.25) is 4.79 Å². The Kier molecular flexibility index (Phi) is 3.13. The summed E-state index contributed by atoms with van der Waals surface area (Å²) in [7, 11) is -1.49. The van der Waals surface area contributed by atoms with Crippen LogP contribution in [0.4, 0.5) is 0 Å². The van der Waals surface area contributed by atoms with Crippen molar-refractivity contribution < 1.29 is 9.53 Å². The van der Waals surface area contributed by atoms with Crippen molar-refractivity contribution in [3.63, 3.8) is 0 Å². The first-order valence-electron chi connectivity index (χ1n) is 4.87. The fourth-order valence-electron chi connectivity index (χ4n) is 1.81. The van der Waals surface area contributed by atoms with Crippen LogP contribution in [0.15, 0.2) is 0 Å². The lowest BCUT2D eigenvalue weighted by molar-refractivity contribution is -0.118. The Morgan fingerprint density at radius 2 is 2.08 bits per heavy atom. The summed E-state index contributed by atoms with van der Waals surface area (Å²) < 4.78 is 5.79. The minimum atomic E-state index is -1.49. The second-order valence-electron chi connectivity index (χ2n) is 4.64. The van der Waals surface area contributed by atoms with E-state index >= 15 is 0 Å². The topological polar surface area (TPSA) is 38.3 Å². The molecule has 0 aromatic heterocycles. The Balaban J connectivity index is 2.78. The molecule has 76 valence electrons. The third kappa shape index (κ3) is 2.11. The van der Waals surface area contributed by atoms with Gasteiger partial charge in [-0.05, 0) is 19.3 Å². The number of carbonyl (C=O) groups is 1. The van der Waals surface area contributed by atoms with Crippen LogP contribution < -0.4 is 5.32 Å². The van der Waals surface area contributed by atoms with E-state index in [0.717, 1.165) is 32.3 Å².